The third kappa shape index (κ3) is 2.14. The molecule has 92 valence electrons. The molecule has 0 unspecified atom stereocenters. The van der Waals surface area contributed by atoms with Gasteiger partial charge in [0.05, 0.1) is 12.6 Å². The van der Waals surface area contributed by atoms with Gasteiger partial charge in [0.25, 0.3) is 0 Å². The van der Waals surface area contributed by atoms with Crippen LogP contribution in [0, 0.1) is 0 Å². The van der Waals surface area contributed by atoms with Crippen LogP contribution >= 0.6 is 0 Å². The molecule has 0 spiro atoms. The molecule has 3 heteroatoms. The number of nitrogens with zero attached hydrogens (tertiary/aromatic N) is 1. The average molecular weight is 233 g/mol. The van der Waals surface area contributed by atoms with Crippen LogP contribution in [0.15, 0.2) is 24.3 Å². The zero-order chi connectivity index (χ0) is 12.5. The fraction of sp³-hybridized carbons (Fsp3) is 0.500. The van der Waals surface area contributed by atoms with Crippen LogP contribution in [0.2, 0.25) is 0 Å². The first-order chi connectivity index (χ1) is 8.05. The van der Waals surface area contributed by atoms with E-state index in [1.807, 2.05) is 38.1 Å². The van der Waals surface area contributed by atoms with Crippen molar-refractivity contribution in [1.29, 1.82) is 0 Å². The van der Waals surface area contributed by atoms with Crippen LogP contribution in [-0.2, 0) is 4.79 Å². The average Bonchev–Trinajstić information content (AvgIpc) is 2.33. The number of hydrogen-bond acceptors (Lipinski definition) is 3. The van der Waals surface area contributed by atoms with Crippen LogP contribution in [0.25, 0.3) is 0 Å². The molecule has 1 saturated heterocycles. The number of Topliss-reactive ketones (excluding diaryl/α,β-unsaturated/α-hetero) is 1. The van der Waals surface area contributed by atoms with E-state index in [9.17, 15) is 4.79 Å². The molecule has 17 heavy (non-hydrogen) atoms. The molecular weight excluding hydrogens is 214 g/mol. The van der Waals surface area contributed by atoms with E-state index in [0.717, 1.165) is 24.4 Å². The second-order valence-corrected chi connectivity index (χ2v) is 4.94. The summed E-state index contributed by atoms with van der Waals surface area (Å²) in [6.07, 6.45) is 1.63. The molecule has 0 aliphatic carbocycles. The molecular formula is C14H19NO2. The first kappa shape index (κ1) is 12.0. The van der Waals surface area contributed by atoms with Crippen LogP contribution in [-0.4, -0.2) is 25.0 Å². The number of carbonyl (C=O) groups is 1. The van der Waals surface area contributed by atoms with E-state index in [1.165, 1.54) is 0 Å². The Kier molecular flexibility index (Phi) is 3.09. The lowest BCUT2D eigenvalue weighted by Crippen LogP contribution is -2.54. The largest absolute Gasteiger partial charge is 0.497 e. The van der Waals surface area contributed by atoms with Crippen molar-refractivity contribution in [3.05, 3.63) is 24.3 Å². The van der Waals surface area contributed by atoms with Crippen molar-refractivity contribution in [2.24, 2.45) is 0 Å². The van der Waals surface area contributed by atoms with E-state index >= 15 is 0 Å². The maximum absolute atomic E-state index is 12.0. The predicted molar refractivity (Wildman–Crippen MR) is 68.7 cm³/mol. The van der Waals surface area contributed by atoms with Crippen molar-refractivity contribution >= 4 is 11.5 Å². The van der Waals surface area contributed by atoms with Crippen molar-refractivity contribution in [3.8, 4) is 5.75 Å². The van der Waals surface area contributed by atoms with Gasteiger partial charge in [-0.1, -0.05) is 0 Å². The zero-order valence-electron chi connectivity index (χ0n) is 10.7. The fourth-order valence-corrected chi connectivity index (χ4v) is 2.35. The molecule has 1 aromatic carbocycles. The standard InChI is InChI=1S/C14H19NO2/c1-14(2)13(16)5-4-10-15(14)11-6-8-12(17-3)9-7-11/h6-9H,4-5,10H2,1-3H3. The smallest absolute Gasteiger partial charge is 0.157 e. The van der Waals surface area contributed by atoms with E-state index < -0.39 is 5.54 Å². The van der Waals surface area contributed by atoms with E-state index in [0.29, 0.717) is 12.2 Å². The molecule has 0 bridgehead atoms. The number of piperidine rings is 1. The summed E-state index contributed by atoms with van der Waals surface area (Å²) < 4.78 is 5.14. The van der Waals surface area contributed by atoms with Gasteiger partial charge >= 0.3 is 0 Å². The molecule has 0 saturated carbocycles. The third-order valence-corrected chi connectivity index (χ3v) is 3.53. The van der Waals surface area contributed by atoms with Crippen molar-refractivity contribution in [3.63, 3.8) is 0 Å². The summed E-state index contributed by atoms with van der Waals surface area (Å²) in [5.41, 5.74) is 0.691. The van der Waals surface area contributed by atoms with Gasteiger partial charge in [0, 0.05) is 18.7 Å². The van der Waals surface area contributed by atoms with E-state index in [1.54, 1.807) is 7.11 Å². The SMILES string of the molecule is COc1ccc(N2CCCC(=O)C2(C)C)cc1. The van der Waals surface area contributed by atoms with Gasteiger partial charge in [-0.2, -0.15) is 0 Å². The second kappa shape index (κ2) is 4.40. The van der Waals surface area contributed by atoms with Crippen LogP contribution in [0.1, 0.15) is 26.7 Å². The molecule has 0 amide bonds. The molecule has 1 aliphatic heterocycles. The molecule has 2 rings (SSSR count). The van der Waals surface area contributed by atoms with Gasteiger partial charge in [-0.3, -0.25) is 4.79 Å². The number of carbonyl (C=O) groups excluding carboxylic acids is 1. The summed E-state index contributed by atoms with van der Waals surface area (Å²) in [4.78, 5) is 14.1. The minimum Gasteiger partial charge on any atom is -0.497 e. The normalized spacial score (nSPS) is 19.2. The Morgan fingerprint density at radius 2 is 1.88 bits per heavy atom. The Balaban J connectivity index is 2.28. The number of methoxy groups -OCH3 is 1. The van der Waals surface area contributed by atoms with Crippen LogP contribution < -0.4 is 9.64 Å². The Morgan fingerprint density at radius 3 is 2.47 bits per heavy atom. The van der Waals surface area contributed by atoms with E-state index in [-0.39, 0.29) is 0 Å². The number of ether oxygens (including phenoxy) is 1. The van der Waals surface area contributed by atoms with E-state index in [4.69, 9.17) is 4.74 Å². The van der Waals surface area contributed by atoms with Crippen LogP contribution in [0.4, 0.5) is 5.69 Å². The van der Waals surface area contributed by atoms with Crippen LogP contribution in [0.5, 0.6) is 5.75 Å². The predicted octanol–water partition coefficient (Wildman–Crippen LogP) is 2.64. The minimum absolute atomic E-state index is 0.319. The zero-order valence-corrected chi connectivity index (χ0v) is 10.7. The number of rotatable bonds is 2. The summed E-state index contributed by atoms with van der Waals surface area (Å²) in [7, 11) is 1.66. The third-order valence-electron chi connectivity index (χ3n) is 3.53. The van der Waals surface area contributed by atoms with Crippen molar-refractivity contribution < 1.29 is 9.53 Å². The Bertz CT molecular complexity index is 409. The van der Waals surface area contributed by atoms with Gasteiger partial charge in [0.1, 0.15) is 5.75 Å². The Morgan fingerprint density at radius 1 is 1.24 bits per heavy atom. The summed E-state index contributed by atoms with van der Waals surface area (Å²) in [6, 6.07) is 7.90. The molecule has 0 N–H and O–H groups in total. The van der Waals surface area contributed by atoms with Gasteiger partial charge in [0.15, 0.2) is 5.78 Å². The molecule has 0 radical (unpaired) electrons. The monoisotopic (exact) mass is 233 g/mol. The van der Waals surface area contributed by atoms with Gasteiger partial charge in [-0.15, -0.1) is 0 Å². The van der Waals surface area contributed by atoms with Gasteiger partial charge in [-0.05, 0) is 44.5 Å². The lowest BCUT2D eigenvalue weighted by molar-refractivity contribution is -0.124. The lowest BCUT2D eigenvalue weighted by Gasteiger charge is -2.42. The highest BCUT2D eigenvalue weighted by atomic mass is 16.5. The quantitative estimate of drug-likeness (QED) is 0.786. The van der Waals surface area contributed by atoms with Gasteiger partial charge in [0.2, 0.25) is 0 Å². The second-order valence-electron chi connectivity index (χ2n) is 4.94. The minimum atomic E-state index is -0.396. The fourth-order valence-electron chi connectivity index (χ4n) is 2.35. The van der Waals surface area contributed by atoms with Crippen molar-refractivity contribution in [1.82, 2.24) is 0 Å². The van der Waals surface area contributed by atoms with Gasteiger partial charge < -0.3 is 9.64 Å². The van der Waals surface area contributed by atoms with Crippen molar-refractivity contribution in [2.45, 2.75) is 32.2 Å². The first-order valence-electron chi connectivity index (χ1n) is 6.00. The molecule has 0 aromatic heterocycles. The van der Waals surface area contributed by atoms with Crippen molar-refractivity contribution in [2.75, 3.05) is 18.6 Å². The summed E-state index contributed by atoms with van der Waals surface area (Å²) >= 11 is 0. The number of benzene rings is 1. The number of anilines is 1. The maximum atomic E-state index is 12.0. The topological polar surface area (TPSA) is 29.5 Å². The van der Waals surface area contributed by atoms with Gasteiger partial charge in [-0.25, -0.2) is 0 Å². The first-order valence-corrected chi connectivity index (χ1v) is 6.00. The Labute approximate surface area is 102 Å². The summed E-state index contributed by atoms with van der Waals surface area (Å²) in [5.74, 6) is 1.16. The Hall–Kier alpha value is -1.51. The number of hydrogen-bond donors (Lipinski definition) is 0. The highest BCUT2D eigenvalue weighted by Crippen LogP contribution is 2.31. The molecule has 3 nitrogen and oxygen atoms in total. The lowest BCUT2D eigenvalue weighted by atomic mass is 9.88. The highest BCUT2D eigenvalue weighted by Gasteiger charge is 2.37. The summed E-state index contributed by atoms with van der Waals surface area (Å²) in [5, 5.41) is 0. The molecule has 1 aliphatic rings. The maximum Gasteiger partial charge on any atom is 0.157 e. The van der Waals surface area contributed by atoms with Crippen LogP contribution in [0.3, 0.4) is 0 Å². The van der Waals surface area contributed by atoms with E-state index in [2.05, 4.69) is 4.90 Å². The molecule has 1 aromatic rings. The molecule has 1 fully saturated rings. The summed E-state index contributed by atoms with van der Waals surface area (Å²) in [6.45, 7) is 4.93. The molecule has 1 heterocycles. The molecule has 0 atom stereocenters. The highest BCUT2D eigenvalue weighted by molar-refractivity contribution is 5.92. The number of ketones is 1.